The van der Waals surface area contributed by atoms with Gasteiger partial charge in [0.15, 0.2) is 0 Å². The van der Waals surface area contributed by atoms with Gasteiger partial charge in [0, 0.05) is 17.8 Å². The molecule has 1 aliphatic rings. The Morgan fingerprint density at radius 1 is 1.58 bits per heavy atom. The molecule has 6 heteroatoms. The molecule has 102 valence electrons. The van der Waals surface area contributed by atoms with Crippen molar-refractivity contribution in [2.75, 3.05) is 0 Å². The van der Waals surface area contributed by atoms with Crippen molar-refractivity contribution in [2.24, 2.45) is 5.41 Å². The van der Waals surface area contributed by atoms with Gasteiger partial charge in [0.1, 0.15) is 5.15 Å². The first-order valence-electron chi connectivity index (χ1n) is 6.09. The number of carbonyl (C=O) groups is 2. The number of carboxylic acids is 1. The number of rotatable bonds is 3. The molecule has 1 amide bonds. The highest BCUT2D eigenvalue weighted by atomic mass is 35.5. The number of halogens is 1. The first-order chi connectivity index (χ1) is 8.93. The zero-order valence-electron chi connectivity index (χ0n) is 10.5. The van der Waals surface area contributed by atoms with E-state index < -0.39 is 11.4 Å². The SMILES string of the molecule is CC1(C(=O)O)CCCC1NC(=O)c1ccnc(Cl)c1. The zero-order valence-corrected chi connectivity index (χ0v) is 11.3. The smallest absolute Gasteiger partial charge is 0.311 e. The minimum atomic E-state index is -0.896. The van der Waals surface area contributed by atoms with Crippen LogP contribution in [0, 0.1) is 5.41 Å². The zero-order chi connectivity index (χ0) is 14.0. The Bertz CT molecular complexity index is 520. The van der Waals surface area contributed by atoms with Crippen LogP contribution in [-0.2, 0) is 4.79 Å². The van der Waals surface area contributed by atoms with E-state index in [0.29, 0.717) is 18.4 Å². The molecule has 2 unspecified atom stereocenters. The lowest BCUT2D eigenvalue weighted by molar-refractivity contribution is -0.148. The minimum absolute atomic E-state index is 0.236. The van der Waals surface area contributed by atoms with Crippen molar-refractivity contribution in [3.63, 3.8) is 0 Å². The molecular weight excluding hydrogens is 268 g/mol. The molecule has 1 aromatic heterocycles. The number of aliphatic carboxylic acids is 1. The largest absolute Gasteiger partial charge is 0.481 e. The highest BCUT2D eigenvalue weighted by Gasteiger charge is 2.45. The summed E-state index contributed by atoms with van der Waals surface area (Å²) in [5.41, 5.74) is -0.508. The first-order valence-corrected chi connectivity index (χ1v) is 6.47. The summed E-state index contributed by atoms with van der Waals surface area (Å²) in [5.74, 6) is -1.19. The second kappa shape index (κ2) is 5.17. The van der Waals surface area contributed by atoms with Crippen molar-refractivity contribution < 1.29 is 14.7 Å². The number of aromatic nitrogens is 1. The van der Waals surface area contributed by atoms with E-state index in [1.807, 2.05) is 0 Å². The molecule has 2 atom stereocenters. The Labute approximate surface area is 116 Å². The van der Waals surface area contributed by atoms with Crippen molar-refractivity contribution in [2.45, 2.75) is 32.2 Å². The second-order valence-electron chi connectivity index (χ2n) is 5.01. The summed E-state index contributed by atoms with van der Waals surface area (Å²) < 4.78 is 0. The Balaban J connectivity index is 2.13. The molecule has 1 aromatic rings. The lowest BCUT2D eigenvalue weighted by Gasteiger charge is -2.27. The van der Waals surface area contributed by atoms with Crippen LogP contribution in [0.4, 0.5) is 0 Å². The fourth-order valence-corrected chi connectivity index (χ4v) is 2.61. The summed E-state index contributed by atoms with van der Waals surface area (Å²) in [4.78, 5) is 27.2. The number of carbonyl (C=O) groups excluding carboxylic acids is 1. The molecule has 0 radical (unpaired) electrons. The molecule has 0 aliphatic heterocycles. The molecule has 1 fully saturated rings. The van der Waals surface area contributed by atoms with Crippen molar-refractivity contribution in [3.8, 4) is 0 Å². The van der Waals surface area contributed by atoms with Crippen LogP contribution in [0.15, 0.2) is 18.3 Å². The topological polar surface area (TPSA) is 79.3 Å². The van der Waals surface area contributed by atoms with E-state index in [1.54, 1.807) is 13.0 Å². The van der Waals surface area contributed by atoms with Gasteiger partial charge in [-0.05, 0) is 31.9 Å². The van der Waals surface area contributed by atoms with Gasteiger partial charge >= 0.3 is 5.97 Å². The quantitative estimate of drug-likeness (QED) is 0.832. The van der Waals surface area contributed by atoms with E-state index in [4.69, 9.17) is 11.6 Å². The van der Waals surface area contributed by atoms with Crippen LogP contribution in [0.2, 0.25) is 5.15 Å². The maximum absolute atomic E-state index is 12.1. The van der Waals surface area contributed by atoms with Crippen LogP contribution in [0.3, 0.4) is 0 Å². The predicted molar refractivity (Wildman–Crippen MR) is 70.1 cm³/mol. The molecule has 0 aromatic carbocycles. The maximum Gasteiger partial charge on any atom is 0.311 e. The normalized spacial score (nSPS) is 26.1. The number of hydrogen-bond donors (Lipinski definition) is 2. The fourth-order valence-electron chi connectivity index (χ4n) is 2.44. The van der Waals surface area contributed by atoms with Crippen molar-refractivity contribution in [1.29, 1.82) is 0 Å². The number of nitrogens with one attached hydrogen (secondary N) is 1. The molecular formula is C13H15ClN2O3. The standard InChI is InChI=1S/C13H15ClN2O3/c1-13(12(18)19)5-2-3-9(13)16-11(17)8-4-6-15-10(14)7-8/h4,6-7,9H,2-3,5H2,1H3,(H,16,17)(H,18,19). The van der Waals surface area contributed by atoms with Gasteiger partial charge in [0.2, 0.25) is 0 Å². The average Bonchev–Trinajstić information content (AvgIpc) is 2.72. The Morgan fingerprint density at radius 3 is 2.95 bits per heavy atom. The molecule has 2 N–H and O–H groups in total. The summed E-state index contributed by atoms with van der Waals surface area (Å²) in [5, 5.41) is 12.3. The molecule has 1 heterocycles. The van der Waals surface area contributed by atoms with Gasteiger partial charge in [-0.2, -0.15) is 0 Å². The first kappa shape index (κ1) is 13.8. The van der Waals surface area contributed by atoms with Crippen molar-refractivity contribution >= 4 is 23.5 Å². The number of nitrogens with zero attached hydrogens (tertiary/aromatic N) is 1. The molecule has 0 spiro atoms. The molecule has 1 saturated carbocycles. The molecule has 2 rings (SSSR count). The van der Waals surface area contributed by atoms with Gasteiger partial charge in [-0.25, -0.2) is 4.98 Å². The van der Waals surface area contributed by atoms with E-state index in [2.05, 4.69) is 10.3 Å². The second-order valence-corrected chi connectivity index (χ2v) is 5.40. The molecule has 19 heavy (non-hydrogen) atoms. The summed E-state index contributed by atoms with van der Waals surface area (Å²) in [6.07, 6.45) is 3.49. The lowest BCUT2D eigenvalue weighted by atomic mass is 9.85. The van der Waals surface area contributed by atoms with Crippen molar-refractivity contribution in [3.05, 3.63) is 29.0 Å². The van der Waals surface area contributed by atoms with E-state index in [0.717, 1.165) is 6.42 Å². The van der Waals surface area contributed by atoms with Crippen LogP contribution >= 0.6 is 11.6 Å². The average molecular weight is 283 g/mol. The van der Waals surface area contributed by atoms with Gasteiger partial charge in [-0.15, -0.1) is 0 Å². The van der Waals surface area contributed by atoms with Gasteiger partial charge in [0.25, 0.3) is 5.91 Å². The monoisotopic (exact) mass is 282 g/mol. The highest BCUT2D eigenvalue weighted by molar-refractivity contribution is 6.29. The van der Waals surface area contributed by atoms with Gasteiger partial charge in [-0.1, -0.05) is 18.0 Å². The number of amides is 1. The van der Waals surface area contributed by atoms with Gasteiger partial charge in [0.05, 0.1) is 5.41 Å². The Kier molecular flexibility index (Phi) is 3.75. The molecule has 0 bridgehead atoms. The number of pyridine rings is 1. The van der Waals surface area contributed by atoms with E-state index in [-0.39, 0.29) is 17.1 Å². The minimum Gasteiger partial charge on any atom is -0.481 e. The van der Waals surface area contributed by atoms with Gasteiger partial charge in [-0.3, -0.25) is 9.59 Å². The van der Waals surface area contributed by atoms with Gasteiger partial charge < -0.3 is 10.4 Å². The summed E-state index contributed by atoms with van der Waals surface area (Å²) in [7, 11) is 0. The Morgan fingerprint density at radius 2 is 2.32 bits per heavy atom. The number of hydrogen-bond acceptors (Lipinski definition) is 3. The molecule has 0 saturated heterocycles. The van der Waals surface area contributed by atoms with Crippen LogP contribution in [-0.4, -0.2) is 28.0 Å². The van der Waals surface area contributed by atoms with E-state index >= 15 is 0 Å². The van der Waals surface area contributed by atoms with Crippen LogP contribution in [0.1, 0.15) is 36.5 Å². The van der Waals surface area contributed by atoms with Crippen LogP contribution in [0.25, 0.3) is 0 Å². The fraction of sp³-hybridized carbons (Fsp3) is 0.462. The summed E-state index contributed by atoms with van der Waals surface area (Å²) in [6, 6.07) is 2.66. The Hall–Kier alpha value is -1.62. The predicted octanol–water partition coefficient (Wildman–Crippen LogP) is 2.11. The molecule has 1 aliphatic carbocycles. The van der Waals surface area contributed by atoms with Crippen LogP contribution < -0.4 is 5.32 Å². The third-order valence-electron chi connectivity index (χ3n) is 3.74. The summed E-state index contributed by atoms with van der Waals surface area (Å²) >= 11 is 5.73. The lowest BCUT2D eigenvalue weighted by Crippen LogP contribution is -2.47. The third-order valence-corrected chi connectivity index (χ3v) is 3.95. The van der Waals surface area contributed by atoms with Crippen LogP contribution in [0.5, 0.6) is 0 Å². The molecule has 5 nitrogen and oxygen atoms in total. The van der Waals surface area contributed by atoms with Crippen molar-refractivity contribution in [1.82, 2.24) is 10.3 Å². The number of carboxylic acid groups (broad SMARTS) is 1. The maximum atomic E-state index is 12.1. The van der Waals surface area contributed by atoms with E-state index in [9.17, 15) is 14.7 Å². The van der Waals surface area contributed by atoms with E-state index in [1.165, 1.54) is 12.3 Å². The summed E-state index contributed by atoms with van der Waals surface area (Å²) in [6.45, 7) is 1.67. The highest BCUT2D eigenvalue weighted by Crippen LogP contribution is 2.38. The third kappa shape index (κ3) is 2.71.